The maximum atomic E-state index is 4.83. The molecule has 4 nitrogen and oxygen atoms in total. The molecule has 2 aromatic heterocycles. The molecule has 4 heteroatoms. The summed E-state index contributed by atoms with van der Waals surface area (Å²) >= 11 is 0. The van der Waals surface area contributed by atoms with Gasteiger partial charge in [-0.3, -0.25) is 9.80 Å². The van der Waals surface area contributed by atoms with E-state index in [4.69, 9.17) is 4.98 Å². The molecular formula is C23H28N4. The zero-order chi connectivity index (χ0) is 18.2. The molecule has 1 atom stereocenters. The van der Waals surface area contributed by atoms with Crippen LogP contribution in [0.5, 0.6) is 0 Å². The van der Waals surface area contributed by atoms with Crippen molar-refractivity contribution in [3.8, 4) is 0 Å². The van der Waals surface area contributed by atoms with E-state index in [2.05, 4.69) is 69.8 Å². The summed E-state index contributed by atoms with van der Waals surface area (Å²) in [5.41, 5.74) is 5.60. The number of imidazole rings is 1. The molecule has 27 heavy (non-hydrogen) atoms. The summed E-state index contributed by atoms with van der Waals surface area (Å²) in [6.07, 6.45) is 5.88. The monoisotopic (exact) mass is 360 g/mol. The molecule has 1 unspecified atom stereocenters. The minimum Gasteiger partial charge on any atom is -0.304 e. The number of hydrogen-bond acceptors (Lipinski definition) is 3. The molecule has 0 radical (unpaired) electrons. The van der Waals surface area contributed by atoms with E-state index in [1.54, 1.807) is 11.1 Å². The molecule has 140 valence electrons. The van der Waals surface area contributed by atoms with Crippen molar-refractivity contribution in [1.82, 2.24) is 19.2 Å². The lowest BCUT2D eigenvalue weighted by Crippen LogP contribution is -2.51. The maximum Gasteiger partial charge on any atom is 0.110 e. The fourth-order valence-electron chi connectivity index (χ4n) is 4.87. The Labute approximate surface area is 161 Å². The Hall–Kier alpha value is -2.17. The number of rotatable bonds is 3. The van der Waals surface area contributed by atoms with Crippen LogP contribution in [-0.4, -0.2) is 51.4 Å². The van der Waals surface area contributed by atoms with Gasteiger partial charge in [0, 0.05) is 45.0 Å². The van der Waals surface area contributed by atoms with E-state index >= 15 is 0 Å². The number of pyridine rings is 1. The second-order valence-corrected chi connectivity index (χ2v) is 8.04. The van der Waals surface area contributed by atoms with Gasteiger partial charge in [0.15, 0.2) is 0 Å². The van der Waals surface area contributed by atoms with Crippen molar-refractivity contribution in [2.45, 2.75) is 38.8 Å². The number of aryl methyl sites for hydroxylation is 2. The van der Waals surface area contributed by atoms with Crippen molar-refractivity contribution >= 4 is 5.52 Å². The Bertz CT molecular complexity index is 936. The standard InChI is InChI=1S/C23H28N4/c1-18-24-22(23-8-4-5-11-27(18)23)17-25-12-14-26(15-13-25)21-10-9-19-6-2-3-7-20(19)16-21/h2-8,11,21H,9-10,12-17H2,1H3. The van der Waals surface area contributed by atoms with Crippen LogP contribution in [0, 0.1) is 6.92 Å². The third kappa shape index (κ3) is 3.28. The van der Waals surface area contributed by atoms with E-state index < -0.39 is 0 Å². The zero-order valence-corrected chi connectivity index (χ0v) is 16.1. The first-order chi connectivity index (χ1) is 13.3. The molecule has 1 fully saturated rings. The summed E-state index contributed by atoms with van der Waals surface area (Å²) in [6, 6.07) is 16.1. The largest absolute Gasteiger partial charge is 0.304 e. The predicted molar refractivity (Wildman–Crippen MR) is 109 cm³/mol. The van der Waals surface area contributed by atoms with Crippen LogP contribution in [0.4, 0.5) is 0 Å². The van der Waals surface area contributed by atoms with Gasteiger partial charge in [-0.1, -0.05) is 30.3 Å². The van der Waals surface area contributed by atoms with Crippen LogP contribution >= 0.6 is 0 Å². The topological polar surface area (TPSA) is 23.8 Å². The molecule has 0 bridgehead atoms. The Morgan fingerprint density at radius 3 is 2.59 bits per heavy atom. The number of benzene rings is 1. The summed E-state index contributed by atoms with van der Waals surface area (Å²) < 4.78 is 2.20. The van der Waals surface area contributed by atoms with Crippen molar-refractivity contribution in [2.75, 3.05) is 26.2 Å². The van der Waals surface area contributed by atoms with Crippen LogP contribution in [0.2, 0.25) is 0 Å². The van der Waals surface area contributed by atoms with E-state index in [9.17, 15) is 0 Å². The van der Waals surface area contributed by atoms with Gasteiger partial charge in [0.1, 0.15) is 5.82 Å². The van der Waals surface area contributed by atoms with Gasteiger partial charge in [0.2, 0.25) is 0 Å². The molecule has 0 spiro atoms. The van der Waals surface area contributed by atoms with E-state index in [-0.39, 0.29) is 0 Å². The molecule has 3 heterocycles. The summed E-state index contributed by atoms with van der Waals surface area (Å²) in [7, 11) is 0. The Morgan fingerprint density at radius 2 is 1.74 bits per heavy atom. The molecule has 3 aromatic rings. The first-order valence-electron chi connectivity index (χ1n) is 10.2. The third-order valence-electron chi connectivity index (χ3n) is 6.42. The molecule has 0 saturated carbocycles. The van der Waals surface area contributed by atoms with Crippen LogP contribution in [0.1, 0.15) is 29.1 Å². The first-order valence-corrected chi connectivity index (χ1v) is 10.2. The van der Waals surface area contributed by atoms with E-state index in [1.807, 2.05) is 0 Å². The zero-order valence-electron chi connectivity index (χ0n) is 16.1. The van der Waals surface area contributed by atoms with Gasteiger partial charge >= 0.3 is 0 Å². The second kappa shape index (κ2) is 7.10. The third-order valence-corrected chi connectivity index (χ3v) is 6.42. The summed E-state index contributed by atoms with van der Waals surface area (Å²) in [4.78, 5) is 10.1. The van der Waals surface area contributed by atoms with Gasteiger partial charge < -0.3 is 4.40 Å². The van der Waals surface area contributed by atoms with Crippen LogP contribution in [0.3, 0.4) is 0 Å². The molecule has 2 aliphatic rings. The van der Waals surface area contributed by atoms with Crippen LogP contribution < -0.4 is 0 Å². The summed E-state index contributed by atoms with van der Waals surface area (Å²) in [5.74, 6) is 1.08. The average Bonchev–Trinajstić information content (AvgIpc) is 3.04. The molecule has 5 rings (SSSR count). The number of aromatic nitrogens is 2. The van der Waals surface area contributed by atoms with Gasteiger partial charge in [-0.25, -0.2) is 4.98 Å². The van der Waals surface area contributed by atoms with Crippen LogP contribution in [-0.2, 0) is 19.4 Å². The molecule has 1 aliphatic carbocycles. The number of hydrogen-bond donors (Lipinski definition) is 0. The lowest BCUT2D eigenvalue weighted by atomic mass is 9.87. The SMILES string of the molecule is Cc1nc(CN2CCN(C3CCc4ccccc4C3)CC2)c2ccccn12. The van der Waals surface area contributed by atoms with Crippen LogP contribution in [0.15, 0.2) is 48.7 Å². The molecule has 1 aromatic carbocycles. The minimum absolute atomic E-state index is 0.720. The smallest absolute Gasteiger partial charge is 0.110 e. The Kier molecular flexibility index (Phi) is 4.46. The van der Waals surface area contributed by atoms with Gasteiger partial charge in [-0.15, -0.1) is 0 Å². The van der Waals surface area contributed by atoms with Crippen molar-refractivity contribution in [3.05, 3.63) is 71.3 Å². The van der Waals surface area contributed by atoms with Gasteiger partial charge in [0.25, 0.3) is 0 Å². The molecular weight excluding hydrogens is 332 g/mol. The highest BCUT2D eigenvalue weighted by atomic mass is 15.3. The van der Waals surface area contributed by atoms with Crippen molar-refractivity contribution in [3.63, 3.8) is 0 Å². The van der Waals surface area contributed by atoms with Crippen molar-refractivity contribution < 1.29 is 0 Å². The Balaban J connectivity index is 1.22. The fraction of sp³-hybridized carbons (Fsp3) is 0.435. The maximum absolute atomic E-state index is 4.83. The van der Waals surface area contributed by atoms with E-state index in [0.29, 0.717) is 0 Å². The molecule has 0 N–H and O–H groups in total. The second-order valence-electron chi connectivity index (χ2n) is 8.04. The number of nitrogens with zero attached hydrogens (tertiary/aromatic N) is 4. The molecule has 1 saturated heterocycles. The predicted octanol–water partition coefficient (Wildman–Crippen LogP) is 3.32. The highest BCUT2D eigenvalue weighted by Crippen LogP contribution is 2.25. The first kappa shape index (κ1) is 17.0. The van der Waals surface area contributed by atoms with Gasteiger partial charge in [-0.2, -0.15) is 0 Å². The van der Waals surface area contributed by atoms with E-state index in [0.717, 1.165) is 31.5 Å². The molecule has 0 amide bonds. The highest BCUT2D eigenvalue weighted by molar-refractivity contribution is 5.53. The number of piperazine rings is 1. The van der Waals surface area contributed by atoms with Crippen LogP contribution in [0.25, 0.3) is 5.52 Å². The Morgan fingerprint density at radius 1 is 0.963 bits per heavy atom. The minimum atomic E-state index is 0.720. The van der Waals surface area contributed by atoms with Gasteiger partial charge in [-0.05, 0) is 49.4 Å². The lowest BCUT2D eigenvalue weighted by molar-refractivity contribution is 0.0852. The normalized spacial score (nSPS) is 21.4. The fourth-order valence-corrected chi connectivity index (χ4v) is 4.87. The van der Waals surface area contributed by atoms with E-state index in [1.165, 1.54) is 43.6 Å². The van der Waals surface area contributed by atoms with Crippen molar-refractivity contribution in [2.24, 2.45) is 0 Å². The molecule has 1 aliphatic heterocycles. The number of fused-ring (bicyclic) bond motifs is 2. The highest BCUT2D eigenvalue weighted by Gasteiger charge is 2.27. The summed E-state index contributed by atoms with van der Waals surface area (Å²) in [5, 5.41) is 0. The summed E-state index contributed by atoms with van der Waals surface area (Å²) in [6.45, 7) is 7.69. The lowest BCUT2D eigenvalue weighted by Gasteiger charge is -2.41. The average molecular weight is 361 g/mol. The van der Waals surface area contributed by atoms with Crippen molar-refractivity contribution in [1.29, 1.82) is 0 Å². The van der Waals surface area contributed by atoms with Gasteiger partial charge in [0.05, 0.1) is 11.2 Å². The quantitative estimate of drug-likeness (QED) is 0.716.